The normalized spacial score (nSPS) is 12.8. The minimum absolute atomic E-state index is 0.129. The van der Waals surface area contributed by atoms with Crippen LogP contribution in [-0.4, -0.2) is 19.1 Å². The number of anilines is 1. The maximum absolute atomic E-state index is 14.0. The van der Waals surface area contributed by atoms with E-state index in [9.17, 15) is 4.39 Å². The lowest BCUT2D eigenvalue weighted by Crippen LogP contribution is -2.31. The van der Waals surface area contributed by atoms with Gasteiger partial charge in [-0.2, -0.15) is 0 Å². The number of nitrogens with one attached hydrogen (secondary N) is 1. The van der Waals surface area contributed by atoms with Gasteiger partial charge < -0.3 is 10.2 Å². The van der Waals surface area contributed by atoms with Crippen LogP contribution in [0.1, 0.15) is 39.7 Å². The summed E-state index contributed by atoms with van der Waals surface area (Å²) in [4.78, 5) is 2.15. The second kappa shape index (κ2) is 6.74. The van der Waals surface area contributed by atoms with Crippen LogP contribution in [0.15, 0.2) is 18.2 Å². The number of rotatable bonds is 6. The van der Waals surface area contributed by atoms with Crippen molar-refractivity contribution in [2.45, 2.75) is 52.7 Å². The fourth-order valence-corrected chi connectivity index (χ4v) is 1.87. The molecule has 0 bridgehead atoms. The Labute approximate surface area is 110 Å². The molecule has 3 heteroatoms. The van der Waals surface area contributed by atoms with E-state index in [0.29, 0.717) is 18.6 Å². The largest absolute Gasteiger partial charge is 0.372 e. The van der Waals surface area contributed by atoms with Gasteiger partial charge in [0, 0.05) is 36.9 Å². The van der Waals surface area contributed by atoms with E-state index in [1.807, 2.05) is 13.1 Å². The maximum Gasteiger partial charge on any atom is 0.129 e. The van der Waals surface area contributed by atoms with Crippen molar-refractivity contribution >= 4 is 5.69 Å². The van der Waals surface area contributed by atoms with E-state index in [4.69, 9.17) is 0 Å². The van der Waals surface area contributed by atoms with Gasteiger partial charge in [-0.25, -0.2) is 4.39 Å². The molecule has 0 aliphatic rings. The van der Waals surface area contributed by atoms with Crippen molar-refractivity contribution in [2.24, 2.45) is 0 Å². The van der Waals surface area contributed by atoms with E-state index < -0.39 is 0 Å². The zero-order valence-corrected chi connectivity index (χ0v) is 12.1. The van der Waals surface area contributed by atoms with Gasteiger partial charge in [0.15, 0.2) is 0 Å². The number of benzene rings is 1. The molecule has 1 atom stereocenters. The lowest BCUT2D eigenvalue weighted by molar-refractivity contribution is 0.549. The molecule has 102 valence electrons. The van der Waals surface area contributed by atoms with Crippen molar-refractivity contribution in [3.05, 3.63) is 29.6 Å². The minimum atomic E-state index is -0.129. The monoisotopic (exact) mass is 252 g/mol. The van der Waals surface area contributed by atoms with Crippen LogP contribution >= 0.6 is 0 Å². The Kier molecular flexibility index (Phi) is 5.60. The molecule has 0 aromatic heterocycles. The molecule has 1 aromatic carbocycles. The van der Waals surface area contributed by atoms with E-state index in [-0.39, 0.29) is 5.82 Å². The Morgan fingerprint density at radius 3 is 2.50 bits per heavy atom. The van der Waals surface area contributed by atoms with Gasteiger partial charge in [-0.15, -0.1) is 0 Å². The fraction of sp³-hybridized carbons (Fsp3) is 0.600. The first-order chi connectivity index (χ1) is 8.47. The van der Waals surface area contributed by atoms with E-state index in [0.717, 1.165) is 17.7 Å². The van der Waals surface area contributed by atoms with Gasteiger partial charge in [0.05, 0.1) is 0 Å². The van der Waals surface area contributed by atoms with Gasteiger partial charge >= 0.3 is 0 Å². The van der Waals surface area contributed by atoms with Gasteiger partial charge in [0.2, 0.25) is 0 Å². The third kappa shape index (κ3) is 3.70. The summed E-state index contributed by atoms with van der Waals surface area (Å²) in [6.45, 7) is 9.01. The van der Waals surface area contributed by atoms with Gasteiger partial charge in [-0.3, -0.25) is 0 Å². The number of halogens is 1. The number of hydrogen-bond donors (Lipinski definition) is 1. The maximum atomic E-state index is 14.0. The fourth-order valence-electron chi connectivity index (χ4n) is 1.87. The zero-order valence-electron chi connectivity index (χ0n) is 12.1. The van der Waals surface area contributed by atoms with Gasteiger partial charge in [-0.1, -0.05) is 26.8 Å². The van der Waals surface area contributed by atoms with Crippen molar-refractivity contribution in [2.75, 3.05) is 11.9 Å². The molecule has 1 rings (SSSR count). The summed E-state index contributed by atoms with van der Waals surface area (Å²) in [6, 6.07) is 6.07. The summed E-state index contributed by atoms with van der Waals surface area (Å²) in [5, 5.41) is 3.29. The molecule has 0 radical (unpaired) electrons. The summed E-state index contributed by atoms with van der Waals surface area (Å²) in [6.07, 6.45) is 1.05. The first kappa shape index (κ1) is 15.0. The molecule has 0 spiro atoms. The van der Waals surface area contributed by atoms with E-state index in [2.05, 4.69) is 37.9 Å². The highest BCUT2D eigenvalue weighted by Crippen LogP contribution is 2.24. The summed E-state index contributed by atoms with van der Waals surface area (Å²) in [5.74, 6) is -0.129. The highest BCUT2D eigenvalue weighted by atomic mass is 19.1. The molecular formula is C15H25FN2. The summed E-state index contributed by atoms with van der Waals surface area (Å²) >= 11 is 0. The van der Waals surface area contributed by atoms with Crippen LogP contribution in [0.3, 0.4) is 0 Å². The van der Waals surface area contributed by atoms with Crippen molar-refractivity contribution in [1.82, 2.24) is 5.32 Å². The molecule has 0 fully saturated rings. The van der Waals surface area contributed by atoms with Gasteiger partial charge in [0.1, 0.15) is 5.82 Å². The second-order valence-electron chi connectivity index (χ2n) is 5.14. The average Bonchev–Trinajstić information content (AvgIpc) is 2.35. The minimum Gasteiger partial charge on any atom is -0.372 e. The van der Waals surface area contributed by atoms with Crippen LogP contribution in [0.2, 0.25) is 0 Å². The molecule has 0 aliphatic heterocycles. The zero-order chi connectivity index (χ0) is 13.7. The summed E-state index contributed by atoms with van der Waals surface area (Å²) < 4.78 is 14.0. The Morgan fingerprint density at radius 1 is 1.28 bits per heavy atom. The number of nitrogens with zero attached hydrogens (tertiary/aromatic N) is 1. The Morgan fingerprint density at radius 2 is 1.94 bits per heavy atom. The summed E-state index contributed by atoms with van der Waals surface area (Å²) in [5.41, 5.74) is 1.74. The number of hydrogen-bond acceptors (Lipinski definition) is 2. The molecule has 1 unspecified atom stereocenters. The molecule has 0 saturated heterocycles. The van der Waals surface area contributed by atoms with Crippen molar-refractivity contribution in [3.63, 3.8) is 0 Å². The van der Waals surface area contributed by atoms with E-state index in [1.54, 1.807) is 6.07 Å². The standard InChI is InChI=1S/C15H25FN2/c1-6-12(4)18(5)15-9-7-8-14(16)13(15)10-17-11(2)3/h7-9,11-12,17H,6,10H2,1-5H3. The van der Waals surface area contributed by atoms with Crippen LogP contribution in [0.4, 0.5) is 10.1 Å². The third-order valence-corrected chi connectivity index (χ3v) is 3.41. The highest BCUT2D eigenvalue weighted by molar-refractivity contribution is 5.54. The van der Waals surface area contributed by atoms with Gasteiger partial charge in [0.25, 0.3) is 0 Å². The molecule has 1 aromatic rings. The van der Waals surface area contributed by atoms with Crippen LogP contribution in [0, 0.1) is 5.82 Å². The first-order valence-electron chi connectivity index (χ1n) is 6.71. The average molecular weight is 252 g/mol. The third-order valence-electron chi connectivity index (χ3n) is 3.41. The predicted molar refractivity (Wildman–Crippen MR) is 76.5 cm³/mol. The lowest BCUT2D eigenvalue weighted by Gasteiger charge is -2.28. The molecule has 2 nitrogen and oxygen atoms in total. The molecule has 0 aliphatic carbocycles. The highest BCUT2D eigenvalue weighted by Gasteiger charge is 2.15. The topological polar surface area (TPSA) is 15.3 Å². The lowest BCUT2D eigenvalue weighted by atomic mass is 10.1. The Balaban J connectivity index is 2.99. The molecule has 18 heavy (non-hydrogen) atoms. The second-order valence-corrected chi connectivity index (χ2v) is 5.14. The molecular weight excluding hydrogens is 227 g/mol. The van der Waals surface area contributed by atoms with Crippen LogP contribution in [0.5, 0.6) is 0 Å². The van der Waals surface area contributed by atoms with Crippen LogP contribution in [-0.2, 0) is 6.54 Å². The molecule has 1 N–H and O–H groups in total. The van der Waals surface area contributed by atoms with Crippen molar-refractivity contribution in [3.8, 4) is 0 Å². The quantitative estimate of drug-likeness (QED) is 0.833. The van der Waals surface area contributed by atoms with E-state index in [1.165, 1.54) is 6.07 Å². The van der Waals surface area contributed by atoms with E-state index >= 15 is 0 Å². The van der Waals surface area contributed by atoms with Gasteiger partial charge in [-0.05, 0) is 25.5 Å². The Hall–Kier alpha value is -1.09. The molecule has 0 amide bonds. The SMILES string of the molecule is CCC(C)N(C)c1cccc(F)c1CNC(C)C. The first-order valence-corrected chi connectivity index (χ1v) is 6.71. The Bertz CT molecular complexity index is 377. The molecule has 0 heterocycles. The van der Waals surface area contributed by atoms with Crippen LogP contribution in [0.25, 0.3) is 0 Å². The smallest absolute Gasteiger partial charge is 0.129 e. The van der Waals surface area contributed by atoms with Crippen molar-refractivity contribution in [1.29, 1.82) is 0 Å². The predicted octanol–water partition coefficient (Wildman–Crippen LogP) is 3.56. The summed E-state index contributed by atoms with van der Waals surface area (Å²) in [7, 11) is 2.03. The van der Waals surface area contributed by atoms with Crippen molar-refractivity contribution < 1.29 is 4.39 Å². The molecule has 0 saturated carbocycles. The van der Waals surface area contributed by atoms with Crippen LogP contribution < -0.4 is 10.2 Å².